The first-order chi connectivity index (χ1) is 14.2. The van der Waals surface area contributed by atoms with Crippen LogP contribution in [0, 0.1) is 13.8 Å². The number of nitrogens with zero attached hydrogens (tertiary/aromatic N) is 2. The fourth-order valence-electron chi connectivity index (χ4n) is 3.00. The summed E-state index contributed by atoms with van der Waals surface area (Å²) in [4.78, 5) is 24.1. The number of carbonyl (C=O) groups excluding carboxylic acids is 1. The second-order valence-corrected chi connectivity index (χ2v) is 6.56. The van der Waals surface area contributed by atoms with Gasteiger partial charge in [0.15, 0.2) is 11.5 Å². The number of carbonyl (C=O) groups is 2. The first kappa shape index (κ1) is 20.5. The Kier molecular flexibility index (Phi) is 5.45. The molecule has 3 aromatic rings. The highest BCUT2D eigenvalue weighted by Crippen LogP contribution is 2.36. The fraction of sp³-hybridized carbons (Fsp3) is 0.0952. The van der Waals surface area contributed by atoms with Gasteiger partial charge >= 0.3 is 5.97 Å². The van der Waals surface area contributed by atoms with Crippen LogP contribution in [0.1, 0.15) is 37.7 Å². The second-order valence-electron chi connectivity index (χ2n) is 6.56. The molecule has 9 heteroatoms. The van der Waals surface area contributed by atoms with E-state index in [2.05, 4.69) is 10.5 Å². The summed E-state index contributed by atoms with van der Waals surface area (Å²) in [5.41, 5.74) is 4.55. The number of carboxylic acids is 1. The SMILES string of the molecule is Cc1ccc(C)n1-c1cc(C(=O)N/N=C/c2ccc(O)c(O)c2O)ccc1C(=O)O. The van der Waals surface area contributed by atoms with Crippen LogP contribution in [-0.4, -0.2) is 43.1 Å². The summed E-state index contributed by atoms with van der Waals surface area (Å²) >= 11 is 0. The Bertz CT molecular complexity index is 1160. The van der Waals surface area contributed by atoms with Gasteiger partial charge in [0.2, 0.25) is 5.75 Å². The molecule has 0 radical (unpaired) electrons. The number of aromatic hydroxyl groups is 3. The third-order valence-electron chi connectivity index (χ3n) is 4.53. The quantitative estimate of drug-likeness (QED) is 0.249. The standard InChI is InChI=1S/C21H19N3O6/c1-11-3-4-12(2)24(11)16-9-13(5-7-15(16)21(29)30)20(28)23-22-10-14-6-8-17(25)19(27)18(14)26/h3-10,25-27H,1-2H3,(H,23,28)(H,29,30)/b22-10+. The first-order valence-electron chi connectivity index (χ1n) is 8.80. The molecule has 0 atom stereocenters. The number of nitrogens with one attached hydrogen (secondary N) is 1. The number of aromatic nitrogens is 1. The van der Waals surface area contributed by atoms with Crippen molar-refractivity contribution >= 4 is 18.1 Å². The highest BCUT2D eigenvalue weighted by Gasteiger charge is 2.17. The maximum absolute atomic E-state index is 12.5. The molecule has 1 amide bonds. The number of phenolic OH excluding ortho intramolecular Hbond substituents is 3. The van der Waals surface area contributed by atoms with E-state index in [1.165, 1.54) is 24.3 Å². The van der Waals surface area contributed by atoms with E-state index in [4.69, 9.17) is 0 Å². The summed E-state index contributed by atoms with van der Waals surface area (Å²) in [6.07, 6.45) is 1.10. The topological polar surface area (TPSA) is 144 Å². The number of hydrogen-bond acceptors (Lipinski definition) is 6. The van der Waals surface area contributed by atoms with Gasteiger partial charge in [0.25, 0.3) is 5.91 Å². The highest BCUT2D eigenvalue weighted by atomic mass is 16.4. The minimum absolute atomic E-state index is 0.0435. The van der Waals surface area contributed by atoms with Gasteiger partial charge in [-0.05, 0) is 56.3 Å². The van der Waals surface area contributed by atoms with Gasteiger partial charge in [-0.15, -0.1) is 0 Å². The van der Waals surface area contributed by atoms with Crippen molar-refractivity contribution < 1.29 is 30.0 Å². The molecule has 3 rings (SSSR count). The highest BCUT2D eigenvalue weighted by molar-refractivity contribution is 5.99. The summed E-state index contributed by atoms with van der Waals surface area (Å²) in [7, 11) is 0. The zero-order valence-corrected chi connectivity index (χ0v) is 16.1. The maximum Gasteiger partial charge on any atom is 0.337 e. The lowest BCUT2D eigenvalue weighted by molar-refractivity contribution is 0.0696. The number of benzene rings is 2. The number of rotatable bonds is 5. The van der Waals surface area contributed by atoms with Crippen LogP contribution >= 0.6 is 0 Å². The van der Waals surface area contributed by atoms with Crippen molar-refractivity contribution in [1.29, 1.82) is 0 Å². The molecule has 0 saturated carbocycles. The van der Waals surface area contributed by atoms with Gasteiger partial charge in [-0.1, -0.05) is 0 Å². The molecule has 1 aromatic heterocycles. The van der Waals surface area contributed by atoms with Crippen molar-refractivity contribution in [3.8, 4) is 22.9 Å². The van der Waals surface area contributed by atoms with Gasteiger partial charge < -0.3 is 25.0 Å². The monoisotopic (exact) mass is 409 g/mol. The Balaban J connectivity index is 1.89. The molecule has 30 heavy (non-hydrogen) atoms. The van der Waals surface area contributed by atoms with Gasteiger partial charge in [-0.25, -0.2) is 10.2 Å². The molecular formula is C21H19N3O6. The van der Waals surface area contributed by atoms with Crippen LogP contribution in [0.5, 0.6) is 17.2 Å². The van der Waals surface area contributed by atoms with Crippen molar-refractivity contribution in [3.05, 3.63) is 70.5 Å². The van der Waals surface area contributed by atoms with Gasteiger partial charge in [0.05, 0.1) is 17.5 Å². The molecule has 0 saturated heterocycles. The van der Waals surface area contributed by atoms with E-state index in [1.54, 1.807) is 4.57 Å². The number of hydrazone groups is 1. The van der Waals surface area contributed by atoms with Crippen molar-refractivity contribution in [1.82, 2.24) is 9.99 Å². The van der Waals surface area contributed by atoms with Crippen LogP contribution in [0.2, 0.25) is 0 Å². The summed E-state index contributed by atoms with van der Waals surface area (Å²) in [5.74, 6) is -3.49. The number of aromatic carboxylic acids is 1. The lowest BCUT2D eigenvalue weighted by Crippen LogP contribution is -2.19. The van der Waals surface area contributed by atoms with E-state index in [-0.39, 0.29) is 16.7 Å². The average Bonchev–Trinajstić information content (AvgIpc) is 3.05. The Morgan fingerprint density at radius 2 is 1.63 bits per heavy atom. The van der Waals surface area contributed by atoms with Crippen LogP contribution in [0.15, 0.2) is 47.6 Å². The van der Waals surface area contributed by atoms with E-state index < -0.39 is 29.1 Å². The number of aryl methyl sites for hydroxylation is 2. The summed E-state index contributed by atoms with van der Waals surface area (Å²) in [6, 6.07) is 10.3. The molecule has 0 aliphatic carbocycles. The van der Waals surface area contributed by atoms with Crippen molar-refractivity contribution in [3.63, 3.8) is 0 Å². The first-order valence-corrected chi connectivity index (χ1v) is 8.80. The molecule has 0 aliphatic rings. The minimum Gasteiger partial charge on any atom is -0.504 e. The number of carboxylic acid groups (broad SMARTS) is 1. The van der Waals surface area contributed by atoms with Gasteiger partial charge in [-0.2, -0.15) is 5.10 Å². The molecule has 0 spiro atoms. The molecule has 154 valence electrons. The van der Waals surface area contributed by atoms with Crippen LogP contribution in [0.25, 0.3) is 5.69 Å². The van der Waals surface area contributed by atoms with Crippen molar-refractivity contribution in [2.45, 2.75) is 13.8 Å². The van der Waals surface area contributed by atoms with Crippen LogP contribution in [-0.2, 0) is 0 Å². The normalized spacial score (nSPS) is 11.0. The van der Waals surface area contributed by atoms with E-state index in [9.17, 15) is 30.0 Å². The van der Waals surface area contributed by atoms with Crippen LogP contribution in [0.3, 0.4) is 0 Å². The molecule has 9 nitrogen and oxygen atoms in total. The molecule has 0 bridgehead atoms. The van der Waals surface area contributed by atoms with Gasteiger partial charge in [0.1, 0.15) is 0 Å². The molecule has 0 fully saturated rings. The Morgan fingerprint density at radius 3 is 2.27 bits per heavy atom. The second kappa shape index (κ2) is 8.00. The third-order valence-corrected chi connectivity index (χ3v) is 4.53. The molecule has 5 N–H and O–H groups in total. The van der Waals surface area contributed by atoms with Gasteiger partial charge in [0, 0.05) is 22.5 Å². The van der Waals surface area contributed by atoms with E-state index in [0.717, 1.165) is 23.7 Å². The lowest BCUT2D eigenvalue weighted by Gasteiger charge is -2.14. The van der Waals surface area contributed by atoms with Crippen molar-refractivity contribution in [2.24, 2.45) is 5.10 Å². The number of phenols is 3. The third kappa shape index (κ3) is 3.81. The summed E-state index contributed by atoms with van der Waals surface area (Å²) in [6.45, 7) is 3.66. The largest absolute Gasteiger partial charge is 0.504 e. The number of hydrogen-bond donors (Lipinski definition) is 5. The Hall–Kier alpha value is -4.27. The predicted octanol–water partition coefficient (Wildman–Crippen LogP) is 2.67. The predicted molar refractivity (Wildman–Crippen MR) is 109 cm³/mol. The maximum atomic E-state index is 12.5. The van der Waals surface area contributed by atoms with E-state index in [1.807, 2.05) is 26.0 Å². The molecule has 1 heterocycles. The van der Waals surface area contributed by atoms with E-state index >= 15 is 0 Å². The zero-order chi connectivity index (χ0) is 22.0. The Morgan fingerprint density at radius 1 is 0.967 bits per heavy atom. The number of amides is 1. The minimum atomic E-state index is -1.12. The summed E-state index contributed by atoms with van der Waals surface area (Å²) < 4.78 is 1.74. The average molecular weight is 409 g/mol. The zero-order valence-electron chi connectivity index (χ0n) is 16.1. The van der Waals surface area contributed by atoms with Crippen LogP contribution < -0.4 is 5.43 Å². The van der Waals surface area contributed by atoms with Gasteiger partial charge in [-0.3, -0.25) is 4.79 Å². The molecular weight excluding hydrogens is 390 g/mol. The Labute approximate surface area is 171 Å². The molecule has 2 aromatic carbocycles. The lowest BCUT2D eigenvalue weighted by atomic mass is 10.1. The van der Waals surface area contributed by atoms with Crippen LogP contribution in [0.4, 0.5) is 0 Å². The molecule has 0 unspecified atom stereocenters. The smallest absolute Gasteiger partial charge is 0.337 e. The van der Waals surface area contributed by atoms with Crippen molar-refractivity contribution in [2.75, 3.05) is 0 Å². The fourth-order valence-corrected chi connectivity index (χ4v) is 3.00. The molecule has 0 aliphatic heterocycles. The van der Waals surface area contributed by atoms with E-state index in [0.29, 0.717) is 5.69 Å². The summed E-state index contributed by atoms with van der Waals surface area (Å²) in [5, 5.41) is 41.8.